The molecule has 4 nitrogen and oxygen atoms in total. The van der Waals surface area contributed by atoms with Crippen LogP contribution in [0.1, 0.15) is 23.2 Å². The number of para-hydroxylation sites is 1. The fourth-order valence-electron chi connectivity index (χ4n) is 2.86. The Morgan fingerprint density at radius 3 is 2.73 bits per heavy atom. The van der Waals surface area contributed by atoms with Crippen molar-refractivity contribution in [2.45, 2.75) is 26.2 Å². The van der Waals surface area contributed by atoms with Crippen molar-refractivity contribution in [2.75, 3.05) is 6.54 Å². The molecule has 0 saturated carbocycles. The zero-order chi connectivity index (χ0) is 18.4. The summed E-state index contributed by atoms with van der Waals surface area (Å²) in [6, 6.07) is 16.1. The summed E-state index contributed by atoms with van der Waals surface area (Å²) in [5, 5.41) is 7.44. The van der Waals surface area contributed by atoms with E-state index in [1.807, 2.05) is 48.1 Å². The van der Waals surface area contributed by atoms with Crippen LogP contribution in [0.15, 0.2) is 60.8 Å². The number of aryl methyl sites for hydroxylation is 2. The molecular formula is C21H22FN3O. The normalized spacial score (nSPS) is 10.7. The van der Waals surface area contributed by atoms with Gasteiger partial charge in [0.25, 0.3) is 0 Å². The summed E-state index contributed by atoms with van der Waals surface area (Å²) in [5.74, 6) is -0.409. The summed E-state index contributed by atoms with van der Waals surface area (Å²) in [6.45, 7) is 2.58. The van der Waals surface area contributed by atoms with Gasteiger partial charge in [-0.25, -0.2) is 9.07 Å². The summed E-state index contributed by atoms with van der Waals surface area (Å²) < 4.78 is 15.0. The number of benzene rings is 2. The van der Waals surface area contributed by atoms with Crippen molar-refractivity contribution in [1.29, 1.82) is 0 Å². The standard InChI is InChI=1S/C21H22FN3O/c1-16-18(15-25(24-16)20-10-3-2-4-11-20)8-6-12-23-21(26)14-17-7-5-9-19(22)13-17/h2-5,7,9-11,13,15H,6,8,12,14H2,1H3,(H,23,26). The molecular weight excluding hydrogens is 329 g/mol. The molecule has 0 aliphatic rings. The first kappa shape index (κ1) is 17.9. The maximum atomic E-state index is 13.1. The van der Waals surface area contributed by atoms with Gasteiger partial charge in [-0.2, -0.15) is 5.10 Å². The number of nitrogens with one attached hydrogen (secondary N) is 1. The zero-order valence-electron chi connectivity index (χ0n) is 14.8. The topological polar surface area (TPSA) is 46.9 Å². The number of aromatic nitrogens is 2. The van der Waals surface area contributed by atoms with Crippen LogP contribution >= 0.6 is 0 Å². The van der Waals surface area contributed by atoms with E-state index in [1.165, 1.54) is 17.7 Å². The first-order chi connectivity index (χ1) is 12.6. The number of amides is 1. The maximum absolute atomic E-state index is 13.1. The summed E-state index contributed by atoms with van der Waals surface area (Å²) >= 11 is 0. The van der Waals surface area contributed by atoms with E-state index in [4.69, 9.17) is 0 Å². The molecule has 0 aliphatic carbocycles. The highest BCUT2D eigenvalue weighted by Gasteiger charge is 2.07. The van der Waals surface area contributed by atoms with E-state index in [1.54, 1.807) is 12.1 Å². The molecule has 0 unspecified atom stereocenters. The average Bonchev–Trinajstić information content (AvgIpc) is 3.00. The van der Waals surface area contributed by atoms with Gasteiger partial charge in [0.1, 0.15) is 5.82 Å². The van der Waals surface area contributed by atoms with Crippen molar-refractivity contribution >= 4 is 5.91 Å². The fraction of sp³-hybridized carbons (Fsp3) is 0.238. The molecule has 26 heavy (non-hydrogen) atoms. The van der Waals surface area contributed by atoms with Crippen LogP contribution in [0.5, 0.6) is 0 Å². The van der Waals surface area contributed by atoms with E-state index >= 15 is 0 Å². The van der Waals surface area contributed by atoms with E-state index in [-0.39, 0.29) is 18.1 Å². The summed E-state index contributed by atoms with van der Waals surface area (Å²) in [5.41, 5.74) is 3.89. The van der Waals surface area contributed by atoms with Crippen LogP contribution in [0.2, 0.25) is 0 Å². The van der Waals surface area contributed by atoms with Gasteiger partial charge < -0.3 is 5.32 Å². The minimum Gasteiger partial charge on any atom is -0.356 e. The molecule has 3 rings (SSSR count). The SMILES string of the molecule is Cc1nn(-c2ccccc2)cc1CCCNC(=O)Cc1cccc(F)c1. The van der Waals surface area contributed by atoms with Crippen LogP contribution in [0.4, 0.5) is 4.39 Å². The van der Waals surface area contributed by atoms with Crippen LogP contribution in [0.25, 0.3) is 5.69 Å². The van der Waals surface area contributed by atoms with Gasteiger partial charge in [-0.3, -0.25) is 4.79 Å². The monoisotopic (exact) mass is 351 g/mol. The Kier molecular flexibility index (Phi) is 5.79. The van der Waals surface area contributed by atoms with E-state index in [0.717, 1.165) is 24.2 Å². The number of carbonyl (C=O) groups excluding carboxylic acids is 1. The van der Waals surface area contributed by atoms with Crippen molar-refractivity contribution in [2.24, 2.45) is 0 Å². The largest absolute Gasteiger partial charge is 0.356 e. The second-order valence-electron chi connectivity index (χ2n) is 6.28. The summed E-state index contributed by atoms with van der Waals surface area (Å²) in [6.07, 6.45) is 3.91. The lowest BCUT2D eigenvalue weighted by Crippen LogP contribution is -2.26. The highest BCUT2D eigenvalue weighted by atomic mass is 19.1. The first-order valence-electron chi connectivity index (χ1n) is 8.73. The Hall–Kier alpha value is -2.95. The number of halogens is 1. The summed E-state index contributed by atoms with van der Waals surface area (Å²) in [4.78, 5) is 11.9. The summed E-state index contributed by atoms with van der Waals surface area (Å²) in [7, 11) is 0. The van der Waals surface area contributed by atoms with E-state index < -0.39 is 0 Å². The molecule has 1 aromatic heterocycles. The second-order valence-corrected chi connectivity index (χ2v) is 6.28. The number of hydrogen-bond donors (Lipinski definition) is 1. The van der Waals surface area contributed by atoms with Gasteiger partial charge in [0.05, 0.1) is 17.8 Å². The van der Waals surface area contributed by atoms with Crippen molar-refractivity contribution in [3.8, 4) is 5.69 Å². The number of rotatable bonds is 7. The third-order valence-electron chi connectivity index (χ3n) is 4.22. The molecule has 0 atom stereocenters. The Morgan fingerprint density at radius 1 is 1.15 bits per heavy atom. The Balaban J connectivity index is 1.46. The molecule has 1 heterocycles. The third-order valence-corrected chi connectivity index (χ3v) is 4.22. The van der Waals surface area contributed by atoms with Crippen LogP contribution in [-0.4, -0.2) is 22.2 Å². The average molecular weight is 351 g/mol. The van der Waals surface area contributed by atoms with Crippen LogP contribution in [-0.2, 0) is 17.6 Å². The predicted octanol–water partition coefficient (Wildman–Crippen LogP) is 3.61. The minimum atomic E-state index is -0.318. The number of carbonyl (C=O) groups is 1. The minimum absolute atomic E-state index is 0.0905. The zero-order valence-corrected chi connectivity index (χ0v) is 14.8. The number of nitrogens with zero attached hydrogens (tertiary/aromatic N) is 2. The third kappa shape index (κ3) is 4.79. The lowest BCUT2D eigenvalue weighted by molar-refractivity contribution is -0.120. The van der Waals surface area contributed by atoms with Crippen molar-refractivity contribution in [3.63, 3.8) is 0 Å². The lowest BCUT2D eigenvalue weighted by Gasteiger charge is -2.05. The second kappa shape index (κ2) is 8.43. The van der Waals surface area contributed by atoms with Gasteiger partial charge in [0.2, 0.25) is 5.91 Å². The van der Waals surface area contributed by atoms with Gasteiger partial charge in [-0.1, -0.05) is 30.3 Å². The van der Waals surface area contributed by atoms with Gasteiger partial charge in [-0.15, -0.1) is 0 Å². The molecule has 0 aliphatic heterocycles. The molecule has 3 aromatic rings. The highest BCUT2D eigenvalue weighted by Crippen LogP contribution is 2.13. The van der Waals surface area contributed by atoms with Crippen molar-refractivity contribution < 1.29 is 9.18 Å². The molecule has 0 fully saturated rings. The molecule has 2 aromatic carbocycles. The molecule has 5 heteroatoms. The van der Waals surface area contributed by atoms with Crippen LogP contribution in [0, 0.1) is 12.7 Å². The van der Waals surface area contributed by atoms with Gasteiger partial charge in [0.15, 0.2) is 0 Å². The molecule has 0 radical (unpaired) electrons. The molecule has 0 spiro atoms. The predicted molar refractivity (Wildman–Crippen MR) is 99.7 cm³/mol. The molecule has 1 N–H and O–H groups in total. The molecule has 0 saturated heterocycles. The molecule has 0 bridgehead atoms. The Morgan fingerprint density at radius 2 is 1.96 bits per heavy atom. The molecule has 1 amide bonds. The fourth-order valence-corrected chi connectivity index (χ4v) is 2.86. The Labute approximate surface area is 152 Å². The highest BCUT2D eigenvalue weighted by molar-refractivity contribution is 5.78. The van der Waals surface area contributed by atoms with Crippen LogP contribution in [0.3, 0.4) is 0 Å². The lowest BCUT2D eigenvalue weighted by atomic mass is 10.1. The quantitative estimate of drug-likeness (QED) is 0.661. The van der Waals surface area contributed by atoms with Gasteiger partial charge >= 0.3 is 0 Å². The smallest absolute Gasteiger partial charge is 0.224 e. The maximum Gasteiger partial charge on any atom is 0.224 e. The van der Waals surface area contributed by atoms with E-state index in [2.05, 4.69) is 10.4 Å². The number of hydrogen-bond acceptors (Lipinski definition) is 2. The van der Waals surface area contributed by atoms with Gasteiger partial charge in [-0.05, 0) is 55.2 Å². The molecule has 134 valence electrons. The van der Waals surface area contributed by atoms with Gasteiger partial charge in [0, 0.05) is 12.7 Å². The van der Waals surface area contributed by atoms with Crippen LogP contribution < -0.4 is 5.32 Å². The Bertz CT molecular complexity index is 874. The van der Waals surface area contributed by atoms with Crippen molar-refractivity contribution in [3.05, 3.63) is 83.4 Å². The van der Waals surface area contributed by atoms with Crippen molar-refractivity contribution in [1.82, 2.24) is 15.1 Å². The van der Waals surface area contributed by atoms with E-state index in [0.29, 0.717) is 12.1 Å². The first-order valence-corrected chi connectivity index (χ1v) is 8.73. The van der Waals surface area contributed by atoms with E-state index in [9.17, 15) is 9.18 Å².